The van der Waals surface area contributed by atoms with E-state index in [-0.39, 0.29) is 0 Å². The molecular weight excluding hydrogens is 316 g/mol. The number of aromatic nitrogens is 1. The molecular formula is C19H26N4O2. The molecule has 0 fully saturated rings. The number of hydrogen-bond donors (Lipinski definition) is 2. The fraction of sp³-hybridized carbons (Fsp3) is 0.474. The molecule has 2 N–H and O–H groups in total. The minimum absolute atomic E-state index is 0.424. The molecule has 1 atom stereocenters. The van der Waals surface area contributed by atoms with E-state index < -0.39 is 0 Å². The minimum atomic E-state index is 0.424. The summed E-state index contributed by atoms with van der Waals surface area (Å²) in [5.41, 5.74) is 3.21. The number of hydrogen-bond acceptors (Lipinski definition) is 4. The molecule has 0 amide bonds. The molecule has 0 aliphatic carbocycles. The van der Waals surface area contributed by atoms with Crippen molar-refractivity contribution in [2.75, 3.05) is 19.7 Å². The lowest BCUT2D eigenvalue weighted by molar-refractivity contribution is 0.267. The third-order valence-corrected chi connectivity index (χ3v) is 4.52. The maximum atomic E-state index is 5.74. The second kappa shape index (κ2) is 8.05. The van der Waals surface area contributed by atoms with E-state index in [1.54, 1.807) is 0 Å². The maximum absolute atomic E-state index is 5.74. The molecule has 1 aromatic carbocycles. The van der Waals surface area contributed by atoms with Gasteiger partial charge in [-0.1, -0.05) is 23.4 Å². The summed E-state index contributed by atoms with van der Waals surface area (Å²) >= 11 is 0. The zero-order valence-corrected chi connectivity index (χ0v) is 15.1. The molecule has 2 aromatic rings. The van der Waals surface area contributed by atoms with Gasteiger partial charge >= 0.3 is 0 Å². The average Bonchev–Trinajstić information content (AvgIpc) is 2.95. The number of ether oxygens (including phenoxy) is 1. The molecule has 1 aliphatic rings. The van der Waals surface area contributed by atoms with Gasteiger partial charge in [0.2, 0.25) is 0 Å². The molecule has 0 saturated carbocycles. The Morgan fingerprint density at radius 2 is 2.12 bits per heavy atom. The second-order valence-electron chi connectivity index (χ2n) is 6.25. The Bertz CT molecular complexity index is 719. The number of rotatable bonds is 5. The van der Waals surface area contributed by atoms with Crippen LogP contribution in [0.15, 0.2) is 33.8 Å². The van der Waals surface area contributed by atoms with Gasteiger partial charge in [0.25, 0.3) is 0 Å². The highest BCUT2D eigenvalue weighted by Crippen LogP contribution is 2.32. The minimum Gasteiger partial charge on any atom is -0.493 e. The first-order valence-electron chi connectivity index (χ1n) is 8.84. The lowest BCUT2D eigenvalue weighted by Gasteiger charge is -2.26. The molecule has 0 spiro atoms. The van der Waals surface area contributed by atoms with E-state index >= 15 is 0 Å². The highest BCUT2D eigenvalue weighted by atomic mass is 16.5. The van der Waals surface area contributed by atoms with Gasteiger partial charge in [0.1, 0.15) is 11.5 Å². The molecule has 1 aliphatic heterocycles. The number of para-hydroxylation sites is 1. The highest BCUT2D eigenvalue weighted by Gasteiger charge is 2.21. The topological polar surface area (TPSA) is 71.7 Å². The Hall–Kier alpha value is -2.50. The average molecular weight is 342 g/mol. The van der Waals surface area contributed by atoms with E-state index in [1.807, 2.05) is 26.0 Å². The molecule has 1 aromatic heterocycles. The summed E-state index contributed by atoms with van der Waals surface area (Å²) in [5, 5.41) is 10.8. The summed E-state index contributed by atoms with van der Waals surface area (Å²) in [6.45, 7) is 8.89. The van der Waals surface area contributed by atoms with Gasteiger partial charge in [0.05, 0.1) is 18.8 Å². The van der Waals surface area contributed by atoms with Crippen molar-refractivity contribution in [1.82, 2.24) is 15.8 Å². The van der Waals surface area contributed by atoms with Crippen LogP contribution in [0.4, 0.5) is 0 Å². The normalized spacial score (nSPS) is 16.9. The molecule has 134 valence electrons. The monoisotopic (exact) mass is 342 g/mol. The first kappa shape index (κ1) is 17.3. The number of nitrogens with zero attached hydrogens (tertiary/aromatic N) is 2. The number of benzene rings is 1. The van der Waals surface area contributed by atoms with E-state index in [4.69, 9.17) is 9.26 Å². The molecule has 0 saturated heterocycles. The Balaban J connectivity index is 1.66. The van der Waals surface area contributed by atoms with Crippen molar-refractivity contribution in [2.45, 2.75) is 39.7 Å². The SMILES string of the molecule is CCNC(=NCc1c(C)noc1C)NCC1CCOc2ccccc21. The molecule has 3 rings (SSSR count). The Morgan fingerprint density at radius 1 is 1.28 bits per heavy atom. The molecule has 6 heteroatoms. The van der Waals surface area contributed by atoms with Crippen molar-refractivity contribution in [2.24, 2.45) is 4.99 Å². The third kappa shape index (κ3) is 4.13. The van der Waals surface area contributed by atoms with Crippen LogP contribution >= 0.6 is 0 Å². The Morgan fingerprint density at radius 3 is 2.88 bits per heavy atom. The van der Waals surface area contributed by atoms with Crippen LogP contribution in [0, 0.1) is 13.8 Å². The first-order valence-corrected chi connectivity index (χ1v) is 8.84. The lowest BCUT2D eigenvalue weighted by Crippen LogP contribution is -2.40. The van der Waals surface area contributed by atoms with E-state index in [0.717, 1.165) is 54.8 Å². The van der Waals surface area contributed by atoms with E-state index in [9.17, 15) is 0 Å². The number of guanidine groups is 1. The summed E-state index contributed by atoms with van der Waals surface area (Å²) in [6, 6.07) is 8.27. The Kier molecular flexibility index (Phi) is 5.58. The van der Waals surface area contributed by atoms with Crippen LogP contribution in [0.5, 0.6) is 5.75 Å². The molecule has 6 nitrogen and oxygen atoms in total. The smallest absolute Gasteiger partial charge is 0.191 e. The predicted molar refractivity (Wildman–Crippen MR) is 98.1 cm³/mol. The van der Waals surface area contributed by atoms with Gasteiger partial charge in [0.15, 0.2) is 5.96 Å². The van der Waals surface area contributed by atoms with Crippen molar-refractivity contribution < 1.29 is 9.26 Å². The van der Waals surface area contributed by atoms with Crippen molar-refractivity contribution in [3.63, 3.8) is 0 Å². The van der Waals surface area contributed by atoms with Crippen LogP contribution in [0.3, 0.4) is 0 Å². The van der Waals surface area contributed by atoms with E-state index in [0.29, 0.717) is 12.5 Å². The fourth-order valence-corrected chi connectivity index (χ4v) is 3.08. The van der Waals surface area contributed by atoms with E-state index in [2.05, 4.69) is 39.8 Å². The zero-order valence-electron chi connectivity index (χ0n) is 15.1. The highest BCUT2D eigenvalue weighted by molar-refractivity contribution is 5.79. The van der Waals surface area contributed by atoms with Crippen molar-refractivity contribution in [3.05, 3.63) is 46.8 Å². The molecule has 2 heterocycles. The van der Waals surface area contributed by atoms with Crippen LogP contribution in [-0.4, -0.2) is 30.8 Å². The number of aliphatic imine (C=N–C) groups is 1. The van der Waals surface area contributed by atoms with Crippen molar-refractivity contribution in [1.29, 1.82) is 0 Å². The van der Waals surface area contributed by atoms with Gasteiger partial charge in [-0.15, -0.1) is 0 Å². The van der Waals surface area contributed by atoms with E-state index in [1.165, 1.54) is 5.56 Å². The first-order chi connectivity index (χ1) is 12.2. The maximum Gasteiger partial charge on any atom is 0.191 e. The predicted octanol–water partition coefficient (Wildman–Crippen LogP) is 2.91. The summed E-state index contributed by atoms with van der Waals surface area (Å²) in [5.74, 6) is 3.06. The molecule has 0 bridgehead atoms. The molecule has 1 unspecified atom stereocenters. The van der Waals surface area contributed by atoms with Crippen LogP contribution < -0.4 is 15.4 Å². The third-order valence-electron chi connectivity index (χ3n) is 4.52. The van der Waals surface area contributed by atoms with Crippen LogP contribution in [0.2, 0.25) is 0 Å². The van der Waals surface area contributed by atoms with Crippen LogP contribution in [-0.2, 0) is 6.54 Å². The molecule has 0 radical (unpaired) electrons. The molecule has 25 heavy (non-hydrogen) atoms. The van der Waals surface area contributed by atoms with Gasteiger partial charge in [-0.2, -0.15) is 0 Å². The quantitative estimate of drug-likeness (QED) is 0.646. The summed E-state index contributed by atoms with van der Waals surface area (Å²) in [7, 11) is 0. The number of nitrogens with one attached hydrogen (secondary N) is 2. The Labute approximate surface area is 148 Å². The standard InChI is InChI=1S/C19H26N4O2/c1-4-20-19(22-12-17-13(2)23-25-14(17)3)21-11-15-9-10-24-18-8-6-5-7-16(15)18/h5-8,15H,4,9-12H2,1-3H3,(H2,20,21,22). The van der Waals surface area contributed by atoms with Gasteiger partial charge in [-0.3, -0.25) is 0 Å². The lowest BCUT2D eigenvalue weighted by atomic mass is 9.93. The summed E-state index contributed by atoms with van der Waals surface area (Å²) in [6.07, 6.45) is 1.01. The van der Waals surface area contributed by atoms with Crippen LogP contribution in [0.25, 0.3) is 0 Å². The number of aryl methyl sites for hydroxylation is 2. The fourth-order valence-electron chi connectivity index (χ4n) is 3.08. The number of fused-ring (bicyclic) bond motifs is 1. The van der Waals surface area contributed by atoms with Crippen molar-refractivity contribution in [3.8, 4) is 5.75 Å². The van der Waals surface area contributed by atoms with Crippen LogP contribution in [0.1, 0.15) is 41.8 Å². The summed E-state index contributed by atoms with van der Waals surface area (Å²) in [4.78, 5) is 4.68. The van der Waals surface area contributed by atoms with Gasteiger partial charge in [-0.05, 0) is 38.8 Å². The largest absolute Gasteiger partial charge is 0.493 e. The van der Waals surface area contributed by atoms with Gasteiger partial charge in [-0.25, -0.2) is 4.99 Å². The van der Waals surface area contributed by atoms with Gasteiger partial charge < -0.3 is 19.9 Å². The second-order valence-corrected chi connectivity index (χ2v) is 6.25. The van der Waals surface area contributed by atoms with Gasteiger partial charge in [0, 0.05) is 24.6 Å². The van der Waals surface area contributed by atoms with Crippen molar-refractivity contribution >= 4 is 5.96 Å². The zero-order chi connectivity index (χ0) is 17.6. The summed E-state index contributed by atoms with van der Waals surface area (Å²) < 4.78 is 10.9.